The summed E-state index contributed by atoms with van der Waals surface area (Å²) in [5.41, 5.74) is 0.549. The maximum absolute atomic E-state index is 12.8. The Morgan fingerprint density at radius 1 is 1.04 bits per heavy atom. The number of carbonyl (C=O) groups excluding carboxylic acids is 1. The molecular weight excluding hydrogens is 320 g/mol. The van der Waals surface area contributed by atoms with Crippen LogP contribution in [0.3, 0.4) is 0 Å². The second kappa shape index (κ2) is 8.64. The summed E-state index contributed by atoms with van der Waals surface area (Å²) in [6, 6.07) is 11.6. The van der Waals surface area contributed by atoms with Crippen molar-refractivity contribution in [1.29, 1.82) is 0 Å². The number of rotatable bonds is 7. The molecule has 0 saturated heterocycles. The van der Waals surface area contributed by atoms with Crippen LogP contribution in [0.4, 0.5) is 8.78 Å². The molecule has 0 bridgehead atoms. The van der Waals surface area contributed by atoms with E-state index in [2.05, 4.69) is 5.32 Å². The highest BCUT2D eigenvalue weighted by atomic mass is 32.2. The molecule has 0 radical (unpaired) electrons. The summed E-state index contributed by atoms with van der Waals surface area (Å²) >= 11 is 1.46. The molecule has 0 spiro atoms. The Balaban J connectivity index is 1.68. The lowest BCUT2D eigenvalue weighted by molar-refractivity contribution is -0.121. The summed E-state index contributed by atoms with van der Waals surface area (Å²) < 4.78 is 25.5. The van der Waals surface area contributed by atoms with Gasteiger partial charge >= 0.3 is 0 Å². The van der Waals surface area contributed by atoms with Gasteiger partial charge in [-0.15, -0.1) is 11.8 Å². The quantitative estimate of drug-likeness (QED) is 0.762. The first kappa shape index (κ1) is 17.4. The van der Waals surface area contributed by atoms with E-state index in [-0.39, 0.29) is 30.5 Å². The molecule has 0 saturated carbocycles. The molecule has 0 aliphatic rings. The van der Waals surface area contributed by atoms with Crippen LogP contribution in [0, 0.1) is 11.6 Å². The predicted molar refractivity (Wildman–Crippen MR) is 86.1 cm³/mol. The van der Waals surface area contributed by atoms with E-state index in [1.54, 1.807) is 12.1 Å². The number of hydrogen-bond acceptors (Lipinski definition) is 3. The van der Waals surface area contributed by atoms with Gasteiger partial charge in [0.15, 0.2) is 0 Å². The molecule has 0 heterocycles. The van der Waals surface area contributed by atoms with Crippen molar-refractivity contribution in [2.75, 3.05) is 12.3 Å². The van der Waals surface area contributed by atoms with E-state index in [1.807, 2.05) is 0 Å². The molecule has 1 atom stereocenters. The van der Waals surface area contributed by atoms with Gasteiger partial charge in [-0.25, -0.2) is 8.78 Å². The van der Waals surface area contributed by atoms with E-state index < -0.39 is 6.10 Å². The Morgan fingerprint density at radius 3 is 2.22 bits per heavy atom. The second-order valence-electron chi connectivity index (χ2n) is 4.92. The zero-order valence-electron chi connectivity index (χ0n) is 12.3. The van der Waals surface area contributed by atoms with Crippen molar-refractivity contribution in [1.82, 2.24) is 5.32 Å². The molecule has 3 nitrogen and oxygen atoms in total. The third-order valence-corrected chi connectivity index (χ3v) is 4.17. The molecule has 6 heteroatoms. The third kappa shape index (κ3) is 6.00. The van der Waals surface area contributed by atoms with E-state index in [0.717, 1.165) is 4.90 Å². The van der Waals surface area contributed by atoms with Crippen molar-refractivity contribution < 1.29 is 18.7 Å². The highest BCUT2D eigenvalue weighted by molar-refractivity contribution is 7.99. The number of halogens is 2. The van der Waals surface area contributed by atoms with Gasteiger partial charge in [-0.3, -0.25) is 4.79 Å². The predicted octanol–water partition coefficient (Wildman–Crippen LogP) is 3.30. The number of amides is 1. The van der Waals surface area contributed by atoms with E-state index >= 15 is 0 Å². The number of hydrogen-bond donors (Lipinski definition) is 2. The molecule has 2 rings (SSSR count). The first-order valence-electron chi connectivity index (χ1n) is 7.13. The Morgan fingerprint density at radius 2 is 1.61 bits per heavy atom. The standard InChI is InChI=1S/C17H17F2NO2S/c18-13-3-1-12(2-4-13)16(21)11-20-17(22)9-10-23-15-7-5-14(19)6-8-15/h1-8,16,21H,9-11H2,(H,20,22). The molecular formula is C17H17F2NO2S. The van der Waals surface area contributed by atoms with E-state index in [4.69, 9.17) is 0 Å². The number of benzene rings is 2. The van der Waals surface area contributed by atoms with Gasteiger partial charge in [0.2, 0.25) is 5.91 Å². The van der Waals surface area contributed by atoms with Crippen LogP contribution >= 0.6 is 11.8 Å². The molecule has 122 valence electrons. The van der Waals surface area contributed by atoms with Crippen LogP contribution in [0.1, 0.15) is 18.1 Å². The van der Waals surface area contributed by atoms with Crippen molar-refractivity contribution in [3.63, 3.8) is 0 Å². The lowest BCUT2D eigenvalue weighted by Crippen LogP contribution is -2.28. The van der Waals surface area contributed by atoms with Gasteiger partial charge in [0.05, 0.1) is 6.10 Å². The zero-order valence-corrected chi connectivity index (χ0v) is 13.2. The minimum Gasteiger partial charge on any atom is -0.387 e. The topological polar surface area (TPSA) is 49.3 Å². The fraction of sp³-hybridized carbons (Fsp3) is 0.235. The van der Waals surface area contributed by atoms with Gasteiger partial charge in [-0.1, -0.05) is 12.1 Å². The van der Waals surface area contributed by atoms with Crippen LogP contribution in [-0.4, -0.2) is 23.3 Å². The van der Waals surface area contributed by atoms with Crippen molar-refractivity contribution in [3.8, 4) is 0 Å². The van der Waals surface area contributed by atoms with Gasteiger partial charge in [0, 0.05) is 23.6 Å². The minimum atomic E-state index is -0.871. The fourth-order valence-corrected chi connectivity index (χ4v) is 2.75. The average molecular weight is 337 g/mol. The number of carbonyl (C=O) groups is 1. The Kier molecular flexibility index (Phi) is 6.55. The summed E-state index contributed by atoms with van der Waals surface area (Å²) in [7, 11) is 0. The summed E-state index contributed by atoms with van der Waals surface area (Å²) in [6.07, 6.45) is -0.581. The van der Waals surface area contributed by atoms with E-state index in [9.17, 15) is 18.7 Å². The molecule has 2 aromatic rings. The number of thioether (sulfide) groups is 1. The van der Waals surface area contributed by atoms with Gasteiger partial charge in [0.25, 0.3) is 0 Å². The Bertz CT molecular complexity index is 632. The molecule has 0 aliphatic carbocycles. The molecule has 23 heavy (non-hydrogen) atoms. The Hall–Kier alpha value is -1.92. The maximum Gasteiger partial charge on any atom is 0.220 e. The summed E-state index contributed by atoms with van der Waals surface area (Å²) in [4.78, 5) is 12.6. The summed E-state index contributed by atoms with van der Waals surface area (Å²) in [5.74, 6) is -0.283. The van der Waals surface area contributed by atoms with Crippen molar-refractivity contribution in [2.24, 2.45) is 0 Å². The summed E-state index contributed by atoms with van der Waals surface area (Å²) in [5, 5.41) is 12.5. The lowest BCUT2D eigenvalue weighted by Gasteiger charge is -2.12. The van der Waals surface area contributed by atoms with E-state index in [0.29, 0.717) is 11.3 Å². The van der Waals surface area contributed by atoms with Gasteiger partial charge < -0.3 is 10.4 Å². The van der Waals surface area contributed by atoms with Gasteiger partial charge in [-0.2, -0.15) is 0 Å². The van der Waals surface area contributed by atoms with Crippen LogP contribution in [0.15, 0.2) is 53.4 Å². The van der Waals surface area contributed by atoms with Gasteiger partial charge in [0.1, 0.15) is 11.6 Å². The molecule has 1 amide bonds. The van der Waals surface area contributed by atoms with Crippen LogP contribution in [0.25, 0.3) is 0 Å². The van der Waals surface area contributed by atoms with E-state index in [1.165, 1.54) is 48.2 Å². The monoisotopic (exact) mass is 337 g/mol. The van der Waals surface area contributed by atoms with Crippen LogP contribution in [0.5, 0.6) is 0 Å². The average Bonchev–Trinajstić information content (AvgIpc) is 2.55. The SMILES string of the molecule is O=C(CCSc1ccc(F)cc1)NCC(O)c1ccc(F)cc1. The van der Waals surface area contributed by atoms with Crippen molar-refractivity contribution in [2.45, 2.75) is 17.4 Å². The zero-order chi connectivity index (χ0) is 16.7. The first-order valence-corrected chi connectivity index (χ1v) is 8.12. The lowest BCUT2D eigenvalue weighted by atomic mass is 10.1. The number of nitrogens with one attached hydrogen (secondary N) is 1. The smallest absolute Gasteiger partial charge is 0.220 e. The summed E-state index contributed by atoms with van der Waals surface area (Å²) in [6.45, 7) is 0.0751. The fourth-order valence-electron chi connectivity index (χ4n) is 1.89. The number of aliphatic hydroxyl groups is 1. The maximum atomic E-state index is 12.8. The highest BCUT2D eigenvalue weighted by Crippen LogP contribution is 2.19. The van der Waals surface area contributed by atoms with Crippen LogP contribution < -0.4 is 5.32 Å². The van der Waals surface area contributed by atoms with Crippen LogP contribution in [0.2, 0.25) is 0 Å². The largest absolute Gasteiger partial charge is 0.387 e. The Labute approximate surface area is 137 Å². The van der Waals surface area contributed by atoms with Gasteiger partial charge in [-0.05, 0) is 42.0 Å². The van der Waals surface area contributed by atoms with Crippen molar-refractivity contribution >= 4 is 17.7 Å². The number of aliphatic hydroxyl groups excluding tert-OH is 1. The normalized spacial score (nSPS) is 12.0. The molecule has 0 fully saturated rings. The molecule has 1 unspecified atom stereocenters. The van der Waals surface area contributed by atoms with Crippen LogP contribution in [-0.2, 0) is 4.79 Å². The second-order valence-corrected chi connectivity index (χ2v) is 6.09. The molecule has 2 N–H and O–H groups in total. The molecule has 0 aliphatic heterocycles. The highest BCUT2D eigenvalue weighted by Gasteiger charge is 2.09. The first-order chi connectivity index (χ1) is 11.0. The van der Waals surface area contributed by atoms with Crippen molar-refractivity contribution in [3.05, 3.63) is 65.7 Å². The molecule has 0 aromatic heterocycles. The third-order valence-electron chi connectivity index (χ3n) is 3.16. The minimum absolute atomic E-state index is 0.0751. The molecule has 2 aromatic carbocycles.